The lowest BCUT2D eigenvalue weighted by molar-refractivity contribution is 1.07. The molecule has 2 unspecified atom stereocenters. The summed E-state index contributed by atoms with van der Waals surface area (Å²) in [5.74, 6) is 0. The Bertz CT molecular complexity index is 520. The minimum absolute atomic E-state index is 0.0221. The van der Waals surface area contributed by atoms with Crippen LogP contribution >= 0.6 is 19.8 Å². The van der Waals surface area contributed by atoms with E-state index in [4.69, 9.17) is 11.6 Å². The second-order valence-corrected chi connectivity index (χ2v) is 6.04. The zero-order valence-corrected chi connectivity index (χ0v) is 11.3. The largest absolute Gasteiger partial charge is 0.341 e. The molecule has 5 nitrogen and oxygen atoms in total. The van der Waals surface area contributed by atoms with Gasteiger partial charge in [-0.05, 0) is 22.6 Å². The lowest BCUT2D eigenvalue weighted by Gasteiger charge is -2.18. The molecule has 0 aliphatic heterocycles. The molecule has 0 fully saturated rings. The highest BCUT2D eigenvalue weighted by molar-refractivity contribution is 7.58. The first kappa shape index (κ1) is 13.0. The Labute approximate surface area is 111 Å². The van der Waals surface area contributed by atoms with Crippen molar-refractivity contribution >= 4 is 25.5 Å². The monoisotopic (exact) mass is 282 g/mol. The predicted molar refractivity (Wildman–Crippen MR) is 74.8 cm³/mol. The number of rotatable bonds is 5. The Hall–Kier alpha value is -1.45. The van der Waals surface area contributed by atoms with E-state index in [-0.39, 0.29) is 5.66 Å². The van der Waals surface area contributed by atoms with Crippen molar-refractivity contribution < 1.29 is 0 Å². The van der Waals surface area contributed by atoms with Crippen LogP contribution in [-0.2, 0) is 0 Å². The highest BCUT2D eigenvalue weighted by atomic mass is 35.5. The zero-order valence-electron chi connectivity index (χ0n) is 9.67. The molecule has 0 radical (unpaired) electrons. The number of aromatic nitrogens is 2. The minimum Gasteiger partial charge on any atom is -0.341 e. The van der Waals surface area contributed by atoms with Gasteiger partial charge in [-0.15, -0.1) is 4.91 Å². The number of nitroso groups, excluding NO2 is 1. The second kappa shape index (κ2) is 5.94. The summed E-state index contributed by atoms with van der Waals surface area (Å²) in [4.78, 5) is 14.2. The number of anilines is 1. The maximum Gasteiger partial charge on any atom is 0.170 e. The van der Waals surface area contributed by atoms with Crippen molar-refractivity contribution in [2.45, 2.75) is 12.6 Å². The van der Waals surface area contributed by atoms with Crippen LogP contribution in [0.4, 0.5) is 5.69 Å². The Balaban J connectivity index is 2.14. The van der Waals surface area contributed by atoms with Gasteiger partial charge in [0.15, 0.2) is 8.22 Å². The van der Waals surface area contributed by atoms with E-state index in [1.807, 2.05) is 25.1 Å². The lowest BCUT2D eigenvalue weighted by Crippen LogP contribution is -1.97. The molecule has 0 saturated heterocycles. The van der Waals surface area contributed by atoms with E-state index in [1.165, 1.54) is 0 Å². The Morgan fingerprint density at radius 1 is 1.56 bits per heavy atom. The number of hydrogen-bond donors (Lipinski definition) is 2. The summed E-state index contributed by atoms with van der Waals surface area (Å²) in [6.45, 7) is 1.95. The summed E-state index contributed by atoms with van der Waals surface area (Å²) in [6, 6.07) is 7.46. The van der Waals surface area contributed by atoms with Gasteiger partial charge >= 0.3 is 0 Å². The van der Waals surface area contributed by atoms with Gasteiger partial charge in [-0.1, -0.05) is 30.7 Å². The third kappa shape index (κ3) is 3.06. The molecule has 1 heterocycles. The van der Waals surface area contributed by atoms with Crippen molar-refractivity contribution in [3.63, 3.8) is 0 Å². The van der Waals surface area contributed by atoms with Crippen LogP contribution in [0.15, 0.2) is 41.6 Å². The molecule has 18 heavy (non-hydrogen) atoms. The summed E-state index contributed by atoms with van der Waals surface area (Å²) >= 11 is 5.94. The van der Waals surface area contributed by atoms with Gasteiger partial charge in [-0.2, -0.15) is 5.10 Å². The van der Waals surface area contributed by atoms with Gasteiger partial charge in [0.1, 0.15) is 0 Å². The number of benzene rings is 1. The number of H-pyrrole nitrogens is 1. The van der Waals surface area contributed by atoms with E-state index in [2.05, 4.69) is 20.2 Å². The van der Waals surface area contributed by atoms with Crippen LogP contribution in [0, 0.1) is 4.91 Å². The number of nitrogens with zero attached hydrogens (tertiary/aromatic N) is 2. The van der Waals surface area contributed by atoms with Gasteiger partial charge < -0.3 is 5.09 Å². The van der Waals surface area contributed by atoms with Crippen molar-refractivity contribution in [2.24, 2.45) is 4.95 Å². The van der Waals surface area contributed by atoms with Crippen molar-refractivity contribution in [3.8, 4) is 0 Å². The van der Waals surface area contributed by atoms with Crippen molar-refractivity contribution in [1.29, 1.82) is 0 Å². The van der Waals surface area contributed by atoms with Gasteiger partial charge in [0.25, 0.3) is 0 Å². The maximum atomic E-state index is 11.0. The fraction of sp³-hybridized carbons (Fsp3) is 0.182. The third-order valence-corrected chi connectivity index (χ3v) is 4.46. The normalized spacial score (nSPS) is 13.9. The molecule has 2 atom stereocenters. The highest BCUT2D eigenvalue weighted by Gasteiger charge is 2.21. The van der Waals surface area contributed by atoms with E-state index in [1.54, 1.807) is 18.5 Å². The van der Waals surface area contributed by atoms with Crippen LogP contribution in [-0.4, -0.2) is 10.2 Å². The Kier molecular flexibility index (Phi) is 4.28. The molecule has 2 rings (SSSR count). The first-order valence-electron chi connectivity index (χ1n) is 5.34. The molecule has 0 aliphatic carbocycles. The average molecular weight is 283 g/mol. The first-order valence-corrected chi connectivity index (χ1v) is 7.08. The Morgan fingerprint density at radius 2 is 2.39 bits per heavy atom. The molecular formula is C11H12ClN4OP. The zero-order chi connectivity index (χ0) is 13.0. The Morgan fingerprint density at radius 3 is 3.00 bits per heavy atom. The molecule has 0 aliphatic rings. The highest BCUT2D eigenvalue weighted by Crippen LogP contribution is 2.51. The van der Waals surface area contributed by atoms with Gasteiger partial charge in [0, 0.05) is 16.9 Å². The molecule has 0 saturated carbocycles. The van der Waals surface area contributed by atoms with Gasteiger partial charge in [-0.3, -0.25) is 5.10 Å². The van der Waals surface area contributed by atoms with Gasteiger partial charge in [0.05, 0.1) is 11.9 Å². The predicted octanol–water partition coefficient (Wildman–Crippen LogP) is 4.31. The fourth-order valence-corrected chi connectivity index (χ4v) is 2.94. The van der Waals surface area contributed by atoms with Crippen LogP contribution in [0.3, 0.4) is 0 Å². The van der Waals surface area contributed by atoms with Crippen molar-refractivity contribution in [2.75, 3.05) is 5.09 Å². The van der Waals surface area contributed by atoms with Crippen LogP contribution in [0.5, 0.6) is 0 Å². The second-order valence-electron chi connectivity index (χ2n) is 3.76. The molecule has 0 spiro atoms. The number of hydrogen-bond acceptors (Lipinski definition) is 4. The van der Waals surface area contributed by atoms with E-state index < -0.39 is 8.22 Å². The number of aromatic amines is 1. The van der Waals surface area contributed by atoms with Gasteiger partial charge in [-0.25, -0.2) is 0 Å². The molecular weight excluding hydrogens is 271 g/mol. The third-order valence-electron chi connectivity index (χ3n) is 2.53. The summed E-state index contributed by atoms with van der Waals surface area (Å²) in [5, 5.41) is 10.2. The van der Waals surface area contributed by atoms with E-state index >= 15 is 0 Å². The van der Waals surface area contributed by atoms with Gasteiger partial charge in [0.2, 0.25) is 0 Å². The summed E-state index contributed by atoms with van der Waals surface area (Å²) in [5.41, 5.74) is 1.73. The molecule has 1 aromatic heterocycles. The lowest BCUT2D eigenvalue weighted by atomic mass is 10.2. The minimum atomic E-state index is -1.26. The van der Waals surface area contributed by atoms with E-state index in [0.717, 1.165) is 11.3 Å². The molecule has 2 N–H and O–H groups in total. The average Bonchev–Trinajstić information content (AvgIpc) is 2.88. The van der Waals surface area contributed by atoms with Crippen LogP contribution in [0.1, 0.15) is 18.1 Å². The molecule has 0 amide bonds. The van der Waals surface area contributed by atoms with Crippen LogP contribution in [0.25, 0.3) is 0 Å². The molecule has 94 valence electrons. The summed E-state index contributed by atoms with van der Waals surface area (Å²) in [7, 11) is -1.26. The number of halogens is 1. The van der Waals surface area contributed by atoms with Crippen LogP contribution in [0.2, 0.25) is 5.02 Å². The van der Waals surface area contributed by atoms with Crippen molar-refractivity contribution in [3.05, 3.63) is 52.2 Å². The van der Waals surface area contributed by atoms with Crippen molar-refractivity contribution in [1.82, 2.24) is 10.2 Å². The quantitative estimate of drug-likeness (QED) is 0.634. The molecule has 1 aromatic carbocycles. The standard InChI is InChI=1S/C11H12ClN4OP/c1-8(9-3-2-4-10(12)5-9)18(16-17)15-11-6-13-14-7-11/h2-8,15H,1H3,(H,13,14). The molecule has 7 heteroatoms. The first-order chi connectivity index (χ1) is 8.70. The smallest absolute Gasteiger partial charge is 0.170 e. The maximum absolute atomic E-state index is 11.0. The summed E-state index contributed by atoms with van der Waals surface area (Å²) in [6.07, 6.45) is 3.30. The molecule has 0 bridgehead atoms. The topological polar surface area (TPSA) is 70.1 Å². The van der Waals surface area contributed by atoms with Crippen LogP contribution < -0.4 is 5.09 Å². The molecule has 2 aromatic rings. The fourth-order valence-electron chi connectivity index (χ4n) is 1.54. The van der Waals surface area contributed by atoms with E-state index in [9.17, 15) is 4.91 Å². The SMILES string of the molecule is CC(c1cccc(Cl)c1)P(N=O)Nc1cn[nH]c1. The summed E-state index contributed by atoms with van der Waals surface area (Å²) < 4.78 is 0. The number of nitrogens with one attached hydrogen (secondary N) is 2. The van der Waals surface area contributed by atoms with E-state index in [0.29, 0.717) is 5.02 Å².